The summed E-state index contributed by atoms with van der Waals surface area (Å²) in [6.45, 7) is 3.47. The lowest BCUT2D eigenvalue weighted by molar-refractivity contribution is -0.307. The van der Waals surface area contributed by atoms with Crippen LogP contribution >= 0.6 is 0 Å². The van der Waals surface area contributed by atoms with Crippen LogP contribution in [0.25, 0.3) is 10.8 Å². The van der Waals surface area contributed by atoms with Crippen molar-refractivity contribution >= 4 is 22.4 Å². The minimum atomic E-state index is -1.25. The summed E-state index contributed by atoms with van der Waals surface area (Å²) in [5, 5.41) is 16.7. The van der Waals surface area contributed by atoms with E-state index in [1.54, 1.807) is 6.07 Å². The van der Waals surface area contributed by atoms with Gasteiger partial charge in [-0.15, -0.1) is 0 Å². The summed E-state index contributed by atoms with van der Waals surface area (Å²) in [6, 6.07) is 20.5. The Balaban J connectivity index is 1.28. The summed E-state index contributed by atoms with van der Waals surface area (Å²) < 4.78 is 11.1. The van der Waals surface area contributed by atoms with Crippen molar-refractivity contribution in [3.05, 3.63) is 66.2 Å². The average molecular weight is 405 g/mol. The van der Waals surface area contributed by atoms with Gasteiger partial charge in [-0.2, -0.15) is 0 Å². The second kappa shape index (κ2) is 9.50. The van der Waals surface area contributed by atoms with Crippen LogP contribution in [0.3, 0.4) is 0 Å². The van der Waals surface area contributed by atoms with E-state index in [-0.39, 0.29) is 0 Å². The van der Waals surface area contributed by atoms with Gasteiger partial charge in [0, 0.05) is 13.1 Å². The zero-order valence-electron chi connectivity index (χ0n) is 16.8. The van der Waals surface area contributed by atoms with Crippen LogP contribution in [0.4, 0.5) is 5.69 Å². The maximum Gasteiger partial charge on any atom is 0.184 e. The van der Waals surface area contributed by atoms with Crippen LogP contribution < -0.4 is 24.8 Å². The van der Waals surface area contributed by atoms with E-state index in [0.29, 0.717) is 18.1 Å². The normalized spacial score (nSPS) is 13.0. The lowest BCUT2D eigenvalue weighted by atomic mass is 10.1. The molecule has 3 aromatic carbocycles. The van der Waals surface area contributed by atoms with Gasteiger partial charge in [0.05, 0.1) is 18.2 Å². The van der Waals surface area contributed by atoms with Crippen molar-refractivity contribution in [1.82, 2.24) is 5.32 Å². The molecule has 1 aliphatic rings. The monoisotopic (exact) mass is 405 g/mol. The molecular weight excluding hydrogens is 380 g/mol. The molecule has 3 aromatic rings. The summed E-state index contributed by atoms with van der Waals surface area (Å²) in [7, 11) is 0. The van der Waals surface area contributed by atoms with Crippen molar-refractivity contribution < 1.29 is 19.4 Å². The van der Waals surface area contributed by atoms with Gasteiger partial charge in [-0.3, -0.25) is 0 Å². The highest BCUT2D eigenvalue weighted by Crippen LogP contribution is 2.39. The molecule has 0 aliphatic carbocycles. The molecule has 0 amide bonds. The highest BCUT2D eigenvalue weighted by Gasteiger charge is 2.21. The number of nitrogens with zero attached hydrogens (tertiary/aromatic N) is 1. The van der Waals surface area contributed by atoms with E-state index in [9.17, 15) is 9.90 Å². The number of nitrogens with one attached hydrogen (secondary N) is 1. The van der Waals surface area contributed by atoms with Gasteiger partial charge in [-0.05, 0) is 47.5 Å². The van der Waals surface area contributed by atoms with Gasteiger partial charge in [0.15, 0.2) is 11.5 Å². The number of fused-ring (bicyclic) bond motifs is 2. The summed E-state index contributed by atoms with van der Waals surface area (Å²) in [5.41, 5.74) is 2.21. The third kappa shape index (κ3) is 4.83. The van der Waals surface area contributed by atoms with E-state index >= 15 is 0 Å². The van der Waals surface area contributed by atoms with E-state index in [4.69, 9.17) is 9.47 Å². The number of carboxylic acids is 1. The molecule has 0 saturated heterocycles. The van der Waals surface area contributed by atoms with Gasteiger partial charge >= 0.3 is 0 Å². The molecule has 0 spiro atoms. The number of carboxylic acid groups (broad SMARTS) is 1. The second-order valence-corrected chi connectivity index (χ2v) is 7.31. The third-order valence-corrected chi connectivity index (χ3v) is 5.18. The summed E-state index contributed by atoms with van der Waals surface area (Å²) >= 11 is 0. The SMILES string of the molecule is O=C([O-])COc1cccc2c1OCCN2CCCNCc1ccc2ccccc2c1. The van der Waals surface area contributed by atoms with Crippen molar-refractivity contribution in [1.29, 1.82) is 0 Å². The molecule has 4 rings (SSSR count). The summed E-state index contributed by atoms with van der Waals surface area (Å²) in [6.07, 6.45) is 0.983. The van der Waals surface area contributed by atoms with Crippen LogP contribution in [-0.4, -0.2) is 38.8 Å². The number of anilines is 1. The van der Waals surface area contributed by atoms with Crippen molar-refractivity contribution in [2.45, 2.75) is 13.0 Å². The number of hydrogen-bond donors (Lipinski definition) is 1. The Labute approximate surface area is 176 Å². The van der Waals surface area contributed by atoms with Crippen LogP contribution in [0.15, 0.2) is 60.7 Å². The van der Waals surface area contributed by atoms with Crippen LogP contribution in [0.1, 0.15) is 12.0 Å². The fourth-order valence-corrected chi connectivity index (χ4v) is 3.74. The number of carbonyl (C=O) groups excluding carboxylic acids is 1. The fourth-order valence-electron chi connectivity index (χ4n) is 3.74. The van der Waals surface area contributed by atoms with Crippen LogP contribution in [-0.2, 0) is 11.3 Å². The number of benzene rings is 3. The molecule has 0 unspecified atom stereocenters. The number of aliphatic carboxylic acids is 1. The van der Waals surface area contributed by atoms with Gasteiger partial charge in [-0.25, -0.2) is 0 Å². The van der Waals surface area contributed by atoms with Crippen LogP contribution in [0.2, 0.25) is 0 Å². The molecule has 0 bridgehead atoms. The Morgan fingerprint density at radius 1 is 1.10 bits per heavy atom. The standard InChI is InChI=1S/C24H26N2O4/c27-23(28)17-30-22-8-3-7-21-24(22)29-14-13-26(21)12-4-11-25-16-18-9-10-19-5-1-2-6-20(19)15-18/h1-3,5-10,15,25H,4,11-14,16-17H2,(H,27,28)/p-1. The van der Waals surface area contributed by atoms with E-state index in [1.165, 1.54) is 16.3 Å². The van der Waals surface area contributed by atoms with Gasteiger partial charge in [0.25, 0.3) is 0 Å². The van der Waals surface area contributed by atoms with Crippen LogP contribution in [0, 0.1) is 0 Å². The van der Waals surface area contributed by atoms with Gasteiger partial charge in [0.1, 0.15) is 13.2 Å². The number of ether oxygens (including phenoxy) is 2. The molecule has 6 nitrogen and oxygen atoms in total. The van der Waals surface area contributed by atoms with Gasteiger partial charge < -0.3 is 29.6 Å². The van der Waals surface area contributed by atoms with Crippen molar-refractivity contribution in [3.63, 3.8) is 0 Å². The maximum atomic E-state index is 10.7. The highest BCUT2D eigenvalue weighted by atomic mass is 16.5. The van der Waals surface area contributed by atoms with E-state index in [0.717, 1.165) is 38.3 Å². The minimum absolute atomic E-state index is 0.441. The fraction of sp³-hybridized carbons (Fsp3) is 0.292. The summed E-state index contributed by atoms with van der Waals surface area (Å²) in [4.78, 5) is 12.9. The lowest BCUT2D eigenvalue weighted by Crippen LogP contribution is -2.35. The Morgan fingerprint density at radius 3 is 2.83 bits per heavy atom. The Morgan fingerprint density at radius 2 is 1.97 bits per heavy atom. The molecule has 0 aromatic heterocycles. The molecule has 1 N–H and O–H groups in total. The molecule has 30 heavy (non-hydrogen) atoms. The van der Waals surface area contributed by atoms with Crippen LogP contribution in [0.5, 0.6) is 11.5 Å². The van der Waals surface area contributed by atoms with E-state index < -0.39 is 12.6 Å². The molecule has 0 atom stereocenters. The molecule has 6 heteroatoms. The minimum Gasteiger partial charge on any atom is -0.546 e. The zero-order chi connectivity index (χ0) is 20.8. The predicted molar refractivity (Wildman–Crippen MR) is 115 cm³/mol. The first kappa shape index (κ1) is 20.0. The largest absolute Gasteiger partial charge is 0.546 e. The number of rotatable bonds is 9. The average Bonchev–Trinajstić information content (AvgIpc) is 2.77. The Kier molecular flexibility index (Phi) is 6.35. The number of carbonyl (C=O) groups is 1. The predicted octanol–water partition coefficient (Wildman–Crippen LogP) is 2.35. The summed E-state index contributed by atoms with van der Waals surface area (Å²) in [5.74, 6) is -0.206. The quantitative estimate of drug-likeness (QED) is 0.551. The first-order valence-corrected chi connectivity index (χ1v) is 10.2. The van der Waals surface area contributed by atoms with Gasteiger partial charge in [-0.1, -0.05) is 42.5 Å². The van der Waals surface area contributed by atoms with Crippen molar-refractivity contribution in [2.24, 2.45) is 0 Å². The van der Waals surface area contributed by atoms with Crippen molar-refractivity contribution in [3.8, 4) is 11.5 Å². The molecule has 1 aliphatic heterocycles. The Bertz CT molecular complexity index is 1020. The van der Waals surface area contributed by atoms with Gasteiger partial charge in [0.2, 0.25) is 0 Å². The lowest BCUT2D eigenvalue weighted by Gasteiger charge is -2.32. The third-order valence-electron chi connectivity index (χ3n) is 5.18. The van der Waals surface area contributed by atoms with E-state index in [2.05, 4.69) is 52.7 Å². The number of hydrogen-bond acceptors (Lipinski definition) is 6. The molecule has 0 fully saturated rings. The van der Waals surface area contributed by atoms with E-state index in [1.807, 2.05) is 12.1 Å². The first-order valence-electron chi connectivity index (χ1n) is 10.2. The first-order chi connectivity index (χ1) is 14.7. The zero-order valence-corrected chi connectivity index (χ0v) is 16.8. The topological polar surface area (TPSA) is 73.9 Å². The highest BCUT2D eigenvalue weighted by molar-refractivity contribution is 5.83. The smallest absolute Gasteiger partial charge is 0.184 e. The maximum absolute atomic E-state index is 10.7. The molecular formula is C24H25N2O4-. The molecule has 0 radical (unpaired) electrons. The molecule has 156 valence electrons. The number of para-hydroxylation sites is 1. The Hall–Kier alpha value is -3.25. The van der Waals surface area contributed by atoms with Crippen molar-refractivity contribution in [2.75, 3.05) is 37.7 Å². The molecule has 0 saturated carbocycles. The molecule has 1 heterocycles. The second-order valence-electron chi connectivity index (χ2n) is 7.31.